The van der Waals surface area contributed by atoms with Gasteiger partial charge in [-0.05, 0) is 43.7 Å². The summed E-state index contributed by atoms with van der Waals surface area (Å²) in [6.45, 7) is 1.85. The van der Waals surface area contributed by atoms with Crippen molar-refractivity contribution in [3.05, 3.63) is 29.8 Å². The van der Waals surface area contributed by atoms with Gasteiger partial charge < -0.3 is 9.84 Å². The Morgan fingerprint density at radius 2 is 1.86 bits per heavy atom. The van der Waals surface area contributed by atoms with Crippen LogP contribution in [0.3, 0.4) is 0 Å². The number of methoxy groups -OCH3 is 1. The summed E-state index contributed by atoms with van der Waals surface area (Å²) in [7, 11) is 1.38. The molecular formula is C16H22O4S. The minimum absolute atomic E-state index is 0.128. The zero-order valence-electron chi connectivity index (χ0n) is 12.7. The molecule has 5 heteroatoms. The molecule has 0 aliphatic rings. The van der Waals surface area contributed by atoms with Crippen LogP contribution >= 0.6 is 11.8 Å². The van der Waals surface area contributed by atoms with Crippen LogP contribution in [0.5, 0.6) is 0 Å². The van der Waals surface area contributed by atoms with Crippen LogP contribution < -0.4 is 0 Å². The largest absolute Gasteiger partial charge is 0.481 e. The Labute approximate surface area is 129 Å². The maximum Gasteiger partial charge on any atom is 0.315 e. The monoisotopic (exact) mass is 310 g/mol. The SMILES string of the molecule is COC(=O)C(C)(CCCCC(=O)O)c1ccc(SC)cc1. The number of ether oxygens (including phenoxy) is 1. The van der Waals surface area contributed by atoms with Crippen LogP contribution in [0.4, 0.5) is 0 Å². The van der Waals surface area contributed by atoms with Gasteiger partial charge in [-0.1, -0.05) is 18.6 Å². The molecule has 1 N–H and O–H groups in total. The number of carboxylic acids is 1. The highest BCUT2D eigenvalue weighted by Gasteiger charge is 2.35. The van der Waals surface area contributed by atoms with Crippen molar-refractivity contribution >= 4 is 23.7 Å². The summed E-state index contributed by atoms with van der Waals surface area (Å²) in [5.74, 6) is -1.09. The number of carboxylic acid groups (broad SMARTS) is 1. The van der Waals surface area contributed by atoms with Gasteiger partial charge in [-0.3, -0.25) is 9.59 Å². The zero-order valence-corrected chi connectivity index (χ0v) is 13.5. The van der Waals surface area contributed by atoms with Crippen molar-refractivity contribution in [2.24, 2.45) is 0 Å². The molecule has 116 valence electrons. The molecule has 0 fully saturated rings. The lowest BCUT2D eigenvalue weighted by atomic mass is 9.78. The van der Waals surface area contributed by atoms with Crippen LogP contribution in [0.2, 0.25) is 0 Å². The first-order valence-electron chi connectivity index (χ1n) is 6.89. The van der Waals surface area contributed by atoms with Crippen LogP contribution in [0.1, 0.15) is 38.2 Å². The summed E-state index contributed by atoms with van der Waals surface area (Å²) in [6, 6.07) is 7.86. The van der Waals surface area contributed by atoms with E-state index in [-0.39, 0.29) is 12.4 Å². The highest BCUT2D eigenvalue weighted by Crippen LogP contribution is 2.32. The summed E-state index contributed by atoms with van der Waals surface area (Å²) in [4.78, 5) is 23.9. The molecule has 0 bridgehead atoms. The van der Waals surface area contributed by atoms with Crippen molar-refractivity contribution in [3.8, 4) is 0 Å². The standard InChI is InChI=1S/C16H22O4S/c1-16(15(19)20-2,11-5-4-6-14(17)18)12-7-9-13(21-3)10-8-12/h7-10H,4-6,11H2,1-3H3,(H,17,18). The lowest BCUT2D eigenvalue weighted by molar-refractivity contribution is -0.147. The summed E-state index contributed by atoms with van der Waals surface area (Å²) in [6.07, 6.45) is 3.93. The lowest BCUT2D eigenvalue weighted by Crippen LogP contribution is -2.33. The van der Waals surface area contributed by atoms with Crippen LogP contribution in [0, 0.1) is 0 Å². The number of benzene rings is 1. The molecule has 1 atom stereocenters. The fourth-order valence-corrected chi connectivity index (χ4v) is 2.71. The molecule has 1 unspecified atom stereocenters. The molecule has 4 nitrogen and oxygen atoms in total. The Kier molecular flexibility index (Phi) is 6.75. The van der Waals surface area contributed by atoms with E-state index in [1.165, 1.54) is 7.11 Å². The third-order valence-corrected chi connectivity index (χ3v) is 4.42. The maximum atomic E-state index is 12.2. The number of esters is 1. The maximum absolute atomic E-state index is 12.2. The number of rotatable bonds is 8. The average Bonchev–Trinajstić information content (AvgIpc) is 2.50. The molecule has 1 rings (SSSR count). The number of hydrogen-bond acceptors (Lipinski definition) is 4. The van der Waals surface area contributed by atoms with E-state index in [0.717, 1.165) is 10.5 Å². The molecule has 0 spiro atoms. The molecule has 0 radical (unpaired) electrons. The second-order valence-electron chi connectivity index (χ2n) is 5.15. The summed E-state index contributed by atoms with van der Waals surface area (Å²) in [5, 5.41) is 8.68. The normalized spacial score (nSPS) is 13.5. The van der Waals surface area contributed by atoms with Gasteiger partial charge in [0.1, 0.15) is 0 Å². The minimum Gasteiger partial charge on any atom is -0.481 e. The Bertz CT molecular complexity index is 484. The predicted octanol–water partition coefficient (Wildman–Crippen LogP) is 3.48. The topological polar surface area (TPSA) is 63.6 Å². The van der Waals surface area contributed by atoms with E-state index in [0.29, 0.717) is 19.3 Å². The number of unbranched alkanes of at least 4 members (excludes halogenated alkanes) is 1. The molecule has 0 aromatic heterocycles. The second kappa shape index (κ2) is 8.08. The molecule has 0 saturated carbocycles. The molecule has 0 saturated heterocycles. The van der Waals surface area contributed by atoms with Crippen molar-refractivity contribution in [1.29, 1.82) is 0 Å². The van der Waals surface area contributed by atoms with Crippen molar-refractivity contribution in [2.45, 2.75) is 42.9 Å². The highest BCUT2D eigenvalue weighted by atomic mass is 32.2. The quantitative estimate of drug-likeness (QED) is 0.452. The fourth-order valence-electron chi connectivity index (χ4n) is 2.30. The van der Waals surface area contributed by atoms with Crippen molar-refractivity contribution < 1.29 is 19.4 Å². The molecule has 0 aliphatic carbocycles. The van der Waals surface area contributed by atoms with E-state index in [1.807, 2.05) is 37.4 Å². The number of hydrogen-bond donors (Lipinski definition) is 1. The predicted molar refractivity (Wildman–Crippen MR) is 83.7 cm³/mol. The number of aliphatic carboxylic acids is 1. The molecule has 0 heterocycles. The fraction of sp³-hybridized carbons (Fsp3) is 0.500. The van der Waals surface area contributed by atoms with Crippen LogP contribution in [0.15, 0.2) is 29.2 Å². The van der Waals surface area contributed by atoms with E-state index in [9.17, 15) is 9.59 Å². The molecule has 21 heavy (non-hydrogen) atoms. The van der Waals surface area contributed by atoms with Gasteiger partial charge in [0.15, 0.2) is 0 Å². The number of carbonyl (C=O) groups excluding carboxylic acids is 1. The smallest absolute Gasteiger partial charge is 0.315 e. The Morgan fingerprint density at radius 1 is 1.24 bits per heavy atom. The first kappa shape index (κ1) is 17.6. The van der Waals surface area contributed by atoms with Crippen molar-refractivity contribution in [2.75, 3.05) is 13.4 Å². The third kappa shape index (κ3) is 4.77. The van der Waals surface area contributed by atoms with E-state index in [1.54, 1.807) is 11.8 Å². The van der Waals surface area contributed by atoms with Crippen LogP contribution in [-0.2, 0) is 19.7 Å². The Morgan fingerprint density at radius 3 is 2.33 bits per heavy atom. The zero-order chi connectivity index (χ0) is 15.9. The van der Waals surface area contributed by atoms with E-state index in [2.05, 4.69) is 0 Å². The lowest BCUT2D eigenvalue weighted by Gasteiger charge is -2.27. The second-order valence-corrected chi connectivity index (χ2v) is 6.03. The van der Waals surface area contributed by atoms with E-state index < -0.39 is 11.4 Å². The molecular weight excluding hydrogens is 288 g/mol. The van der Waals surface area contributed by atoms with Gasteiger partial charge in [-0.15, -0.1) is 11.8 Å². The van der Waals surface area contributed by atoms with Gasteiger partial charge in [0.2, 0.25) is 0 Å². The van der Waals surface area contributed by atoms with Gasteiger partial charge in [0.05, 0.1) is 12.5 Å². The highest BCUT2D eigenvalue weighted by molar-refractivity contribution is 7.98. The first-order chi connectivity index (χ1) is 9.93. The van der Waals surface area contributed by atoms with Gasteiger partial charge in [-0.25, -0.2) is 0 Å². The Hall–Kier alpha value is -1.49. The minimum atomic E-state index is -0.806. The van der Waals surface area contributed by atoms with Crippen molar-refractivity contribution in [3.63, 3.8) is 0 Å². The molecule has 1 aromatic rings. The van der Waals surface area contributed by atoms with E-state index >= 15 is 0 Å². The van der Waals surface area contributed by atoms with Gasteiger partial charge in [0.25, 0.3) is 0 Å². The summed E-state index contributed by atoms with van der Waals surface area (Å²) >= 11 is 1.65. The van der Waals surface area contributed by atoms with Crippen LogP contribution in [-0.4, -0.2) is 30.4 Å². The van der Waals surface area contributed by atoms with Crippen molar-refractivity contribution in [1.82, 2.24) is 0 Å². The van der Waals surface area contributed by atoms with E-state index in [4.69, 9.17) is 9.84 Å². The summed E-state index contributed by atoms with van der Waals surface area (Å²) in [5.41, 5.74) is 0.173. The molecule has 0 amide bonds. The Balaban J connectivity index is 2.86. The van der Waals surface area contributed by atoms with Gasteiger partial charge in [-0.2, -0.15) is 0 Å². The van der Waals surface area contributed by atoms with Gasteiger partial charge in [0, 0.05) is 11.3 Å². The molecule has 1 aromatic carbocycles. The summed E-state index contributed by atoms with van der Waals surface area (Å²) < 4.78 is 4.94. The first-order valence-corrected chi connectivity index (χ1v) is 8.11. The van der Waals surface area contributed by atoms with Crippen LogP contribution in [0.25, 0.3) is 0 Å². The average molecular weight is 310 g/mol. The molecule has 0 aliphatic heterocycles. The number of carbonyl (C=O) groups is 2. The number of thioether (sulfide) groups is 1. The van der Waals surface area contributed by atoms with Gasteiger partial charge >= 0.3 is 11.9 Å². The third-order valence-electron chi connectivity index (χ3n) is 3.68.